The molecule has 0 saturated heterocycles. The van der Waals surface area contributed by atoms with E-state index in [1.165, 1.54) is 5.56 Å². The van der Waals surface area contributed by atoms with E-state index in [0.717, 1.165) is 115 Å². The van der Waals surface area contributed by atoms with Crippen LogP contribution in [0.3, 0.4) is 0 Å². The number of nitrogens with zero attached hydrogens (tertiary/aromatic N) is 4. The van der Waals surface area contributed by atoms with Crippen molar-refractivity contribution < 1.29 is 0 Å². The number of para-hydroxylation sites is 1. The van der Waals surface area contributed by atoms with Gasteiger partial charge in [0.15, 0.2) is 0 Å². The van der Waals surface area contributed by atoms with Gasteiger partial charge in [-0.15, -0.1) is 0 Å². The third kappa shape index (κ3) is 5.02. The summed E-state index contributed by atoms with van der Waals surface area (Å²) in [5.74, 6) is 0. The first-order valence-electron chi connectivity index (χ1n) is 19.6. The fraction of sp³-hybridized carbons (Fsp3) is 0. The van der Waals surface area contributed by atoms with Crippen LogP contribution < -0.4 is 0 Å². The van der Waals surface area contributed by atoms with Crippen LogP contribution >= 0.6 is 0 Å². The van der Waals surface area contributed by atoms with E-state index in [2.05, 4.69) is 188 Å². The van der Waals surface area contributed by atoms with Gasteiger partial charge in [-0.25, -0.2) is 19.9 Å². The molecule has 0 aliphatic heterocycles. The second-order valence-electron chi connectivity index (χ2n) is 14.9. The van der Waals surface area contributed by atoms with Gasteiger partial charge in [-0.05, 0) is 51.4 Å². The van der Waals surface area contributed by atoms with Gasteiger partial charge in [0.25, 0.3) is 0 Å². The van der Waals surface area contributed by atoms with Crippen LogP contribution in [0, 0.1) is 0 Å². The van der Waals surface area contributed by atoms with Crippen molar-refractivity contribution in [3.63, 3.8) is 0 Å². The molecule has 0 N–H and O–H groups in total. The third-order valence-corrected chi connectivity index (χ3v) is 11.6. The van der Waals surface area contributed by atoms with Crippen LogP contribution in [0.2, 0.25) is 0 Å². The Morgan fingerprint density at radius 3 is 1.17 bits per heavy atom. The zero-order valence-corrected chi connectivity index (χ0v) is 31.3. The third-order valence-electron chi connectivity index (χ3n) is 11.6. The molecule has 0 bridgehead atoms. The lowest BCUT2D eigenvalue weighted by molar-refractivity contribution is 1.37. The number of aromatic nitrogens is 4. The SMILES string of the molecule is c1ccc(-c2ccc3ccc4ccc(-c5c6ccccc6c(-c6ccc7ccc8c(-c9ccccc9)c9ccccc9nc8c7n6)c6ccccc56)nc4c3n2)cc1. The van der Waals surface area contributed by atoms with Crippen molar-refractivity contribution in [2.24, 2.45) is 0 Å². The topological polar surface area (TPSA) is 51.6 Å². The molecule has 0 atom stereocenters. The Morgan fingerprint density at radius 2 is 0.621 bits per heavy atom. The summed E-state index contributed by atoms with van der Waals surface area (Å²) in [6, 6.07) is 68.4. The van der Waals surface area contributed by atoms with Gasteiger partial charge in [-0.3, -0.25) is 0 Å². The van der Waals surface area contributed by atoms with Crippen molar-refractivity contribution in [1.29, 1.82) is 0 Å². The summed E-state index contributed by atoms with van der Waals surface area (Å²) >= 11 is 0. The molecule has 268 valence electrons. The molecule has 0 unspecified atom stereocenters. The van der Waals surface area contributed by atoms with E-state index in [9.17, 15) is 0 Å². The lowest BCUT2D eigenvalue weighted by Crippen LogP contribution is -1.96. The monoisotopic (exact) mass is 736 g/mol. The molecule has 0 spiro atoms. The van der Waals surface area contributed by atoms with Crippen molar-refractivity contribution in [2.75, 3.05) is 0 Å². The van der Waals surface area contributed by atoms with Crippen LogP contribution in [-0.4, -0.2) is 19.9 Å². The first kappa shape index (κ1) is 32.4. The Morgan fingerprint density at radius 1 is 0.224 bits per heavy atom. The molecule has 58 heavy (non-hydrogen) atoms. The molecule has 0 amide bonds. The van der Waals surface area contributed by atoms with Gasteiger partial charge in [-0.1, -0.05) is 170 Å². The zero-order valence-electron chi connectivity index (χ0n) is 31.3. The van der Waals surface area contributed by atoms with Gasteiger partial charge in [0.1, 0.15) is 0 Å². The van der Waals surface area contributed by atoms with Gasteiger partial charge in [-0.2, -0.15) is 0 Å². The van der Waals surface area contributed by atoms with Crippen molar-refractivity contribution in [3.05, 3.63) is 194 Å². The molecular formula is C54H32N4. The van der Waals surface area contributed by atoms with Crippen molar-refractivity contribution in [2.45, 2.75) is 0 Å². The van der Waals surface area contributed by atoms with E-state index >= 15 is 0 Å². The summed E-state index contributed by atoms with van der Waals surface area (Å²) in [6.07, 6.45) is 0. The Labute approximate surface area is 333 Å². The molecule has 0 fully saturated rings. The summed E-state index contributed by atoms with van der Waals surface area (Å²) < 4.78 is 0. The average Bonchev–Trinajstić information content (AvgIpc) is 3.30. The normalized spacial score (nSPS) is 11.8. The molecule has 4 aromatic heterocycles. The molecule has 0 aliphatic carbocycles. The minimum atomic E-state index is 0.889. The quantitative estimate of drug-likeness (QED) is 0.133. The Hall–Kier alpha value is -7.82. The van der Waals surface area contributed by atoms with Crippen LogP contribution in [0.5, 0.6) is 0 Å². The predicted molar refractivity (Wildman–Crippen MR) is 242 cm³/mol. The Kier molecular flexibility index (Phi) is 7.20. The number of hydrogen-bond donors (Lipinski definition) is 0. The Bertz CT molecular complexity index is 3560. The molecule has 4 nitrogen and oxygen atoms in total. The molecule has 4 heterocycles. The lowest BCUT2D eigenvalue weighted by Gasteiger charge is -2.18. The molecule has 12 aromatic rings. The maximum Gasteiger partial charge on any atom is 0.0978 e. The zero-order chi connectivity index (χ0) is 38.2. The molecular weight excluding hydrogens is 705 g/mol. The molecule has 0 saturated carbocycles. The van der Waals surface area contributed by atoms with Crippen LogP contribution in [0.1, 0.15) is 0 Å². The fourth-order valence-electron chi connectivity index (χ4n) is 8.95. The number of pyridine rings is 4. The highest BCUT2D eigenvalue weighted by atomic mass is 14.8. The van der Waals surface area contributed by atoms with E-state index in [-0.39, 0.29) is 0 Å². The number of rotatable bonds is 4. The highest BCUT2D eigenvalue weighted by Gasteiger charge is 2.20. The second kappa shape index (κ2) is 12.9. The molecule has 0 aliphatic rings. The minimum Gasteiger partial charge on any atom is -0.245 e. The maximum atomic E-state index is 5.54. The lowest BCUT2D eigenvalue weighted by atomic mass is 9.88. The number of benzene rings is 8. The summed E-state index contributed by atoms with van der Waals surface area (Å²) in [4.78, 5) is 21.5. The first-order chi connectivity index (χ1) is 28.8. The van der Waals surface area contributed by atoms with Gasteiger partial charge in [0.2, 0.25) is 0 Å². The predicted octanol–water partition coefficient (Wildman–Crippen LogP) is 14.0. The fourth-order valence-corrected chi connectivity index (χ4v) is 8.95. The summed E-state index contributed by atoms with van der Waals surface area (Å²) in [7, 11) is 0. The molecule has 4 heteroatoms. The summed E-state index contributed by atoms with van der Waals surface area (Å²) in [6.45, 7) is 0. The van der Waals surface area contributed by atoms with Gasteiger partial charge in [0.05, 0.1) is 44.7 Å². The molecule has 0 radical (unpaired) electrons. The van der Waals surface area contributed by atoms with Crippen molar-refractivity contribution in [3.8, 4) is 44.9 Å². The second-order valence-corrected chi connectivity index (χ2v) is 14.9. The van der Waals surface area contributed by atoms with Gasteiger partial charge >= 0.3 is 0 Å². The molecule has 12 rings (SSSR count). The van der Waals surface area contributed by atoms with Crippen LogP contribution in [-0.2, 0) is 0 Å². The number of hydrogen-bond acceptors (Lipinski definition) is 4. The average molecular weight is 737 g/mol. The Balaban J connectivity index is 1.11. The standard InChI is InChI=1S/C54H32N4/c1-3-13-33(14-4-1)44-30-26-35-23-24-36-27-31-46(57-52(36)51(35)55-44)49-38-17-7-9-19-40(38)50(41-20-10-8-18-39(41)49)47-32-28-37-25-29-43-48(34-15-5-2-6-16-34)42-21-11-12-22-45(42)56-54(43)53(37)58-47/h1-32H. The first-order valence-corrected chi connectivity index (χ1v) is 19.6. The van der Waals surface area contributed by atoms with E-state index in [1.807, 2.05) is 6.07 Å². The smallest absolute Gasteiger partial charge is 0.0978 e. The largest absolute Gasteiger partial charge is 0.245 e. The van der Waals surface area contributed by atoms with Crippen molar-refractivity contribution >= 4 is 76.1 Å². The highest BCUT2D eigenvalue weighted by Crippen LogP contribution is 2.44. The van der Waals surface area contributed by atoms with Crippen molar-refractivity contribution in [1.82, 2.24) is 19.9 Å². The highest BCUT2D eigenvalue weighted by molar-refractivity contribution is 6.22. The van der Waals surface area contributed by atoms with Crippen LogP contribution in [0.25, 0.3) is 121 Å². The van der Waals surface area contributed by atoms with E-state index in [0.29, 0.717) is 0 Å². The number of fused-ring (bicyclic) bond motifs is 9. The van der Waals surface area contributed by atoms with E-state index in [4.69, 9.17) is 19.9 Å². The maximum absolute atomic E-state index is 5.54. The minimum absolute atomic E-state index is 0.889. The van der Waals surface area contributed by atoms with E-state index < -0.39 is 0 Å². The van der Waals surface area contributed by atoms with E-state index in [1.54, 1.807) is 0 Å². The van der Waals surface area contributed by atoms with Crippen LogP contribution in [0.15, 0.2) is 194 Å². The van der Waals surface area contributed by atoms with Gasteiger partial charge < -0.3 is 0 Å². The summed E-state index contributed by atoms with van der Waals surface area (Å²) in [5.41, 5.74) is 12.9. The van der Waals surface area contributed by atoms with Gasteiger partial charge in [0, 0.05) is 49.2 Å². The van der Waals surface area contributed by atoms with Crippen LogP contribution in [0.4, 0.5) is 0 Å². The summed E-state index contributed by atoms with van der Waals surface area (Å²) in [5, 5.41) is 9.89. The molecule has 8 aromatic carbocycles.